The molecule has 0 unspecified atom stereocenters. The Morgan fingerprint density at radius 2 is 1.79 bits per heavy atom. The summed E-state index contributed by atoms with van der Waals surface area (Å²) < 4.78 is 25.5. The molecule has 0 spiro atoms. The van der Waals surface area contributed by atoms with Gasteiger partial charge in [-0.1, -0.05) is 36.7 Å². The Labute approximate surface area is 169 Å². The average Bonchev–Trinajstić information content (AvgIpc) is 2.66. The lowest BCUT2D eigenvalue weighted by Gasteiger charge is -2.13. The highest BCUT2D eigenvalue weighted by molar-refractivity contribution is 7.89. The van der Waals surface area contributed by atoms with E-state index in [1.54, 1.807) is 6.07 Å². The van der Waals surface area contributed by atoms with E-state index in [4.69, 9.17) is 11.6 Å². The molecule has 0 radical (unpaired) electrons. The molecule has 0 atom stereocenters. The quantitative estimate of drug-likeness (QED) is 0.715. The van der Waals surface area contributed by atoms with Crippen LogP contribution in [0.25, 0.3) is 0 Å². The molecular formula is C19H22ClN3O4S. The number of hydrogen-bond acceptors (Lipinski definition) is 4. The Kier molecular flexibility index (Phi) is 7.17. The molecule has 2 rings (SSSR count). The van der Waals surface area contributed by atoms with Crippen molar-refractivity contribution >= 4 is 39.1 Å². The molecule has 0 aliphatic rings. The van der Waals surface area contributed by atoms with Gasteiger partial charge in [-0.15, -0.1) is 0 Å². The van der Waals surface area contributed by atoms with Crippen LogP contribution in [0, 0.1) is 0 Å². The molecule has 28 heavy (non-hydrogen) atoms. The zero-order chi connectivity index (χ0) is 20.9. The van der Waals surface area contributed by atoms with E-state index in [-0.39, 0.29) is 22.0 Å². The first kappa shape index (κ1) is 21.9. The van der Waals surface area contributed by atoms with Crippen LogP contribution in [-0.2, 0) is 21.2 Å². The molecular weight excluding hydrogens is 402 g/mol. The summed E-state index contributed by atoms with van der Waals surface area (Å²) in [6.45, 7) is 1.70. The van der Waals surface area contributed by atoms with Crippen LogP contribution in [0.15, 0.2) is 47.4 Å². The molecule has 2 amide bonds. The van der Waals surface area contributed by atoms with Crippen molar-refractivity contribution in [3.63, 3.8) is 0 Å². The van der Waals surface area contributed by atoms with Gasteiger partial charge >= 0.3 is 0 Å². The molecule has 2 aromatic rings. The first-order valence-electron chi connectivity index (χ1n) is 8.54. The van der Waals surface area contributed by atoms with Crippen molar-refractivity contribution in [3.8, 4) is 0 Å². The van der Waals surface area contributed by atoms with Crippen LogP contribution < -0.4 is 10.6 Å². The van der Waals surface area contributed by atoms with Crippen molar-refractivity contribution in [2.24, 2.45) is 0 Å². The van der Waals surface area contributed by atoms with E-state index in [2.05, 4.69) is 10.6 Å². The van der Waals surface area contributed by atoms with Crippen LogP contribution in [0.1, 0.15) is 22.8 Å². The first-order chi connectivity index (χ1) is 13.2. The summed E-state index contributed by atoms with van der Waals surface area (Å²) in [6.07, 6.45) is 0.756. The number of hydrogen-bond donors (Lipinski definition) is 2. The highest BCUT2D eigenvalue weighted by atomic mass is 35.5. The minimum atomic E-state index is -3.71. The van der Waals surface area contributed by atoms with Gasteiger partial charge < -0.3 is 10.6 Å². The third-order valence-corrected chi connectivity index (χ3v) is 6.18. The number of amides is 2. The van der Waals surface area contributed by atoms with Gasteiger partial charge in [-0.2, -0.15) is 0 Å². The Morgan fingerprint density at radius 1 is 1.11 bits per heavy atom. The second-order valence-corrected chi connectivity index (χ2v) is 8.73. The van der Waals surface area contributed by atoms with Crippen molar-refractivity contribution < 1.29 is 18.0 Å². The van der Waals surface area contributed by atoms with Gasteiger partial charge in [0.1, 0.15) is 0 Å². The molecule has 0 saturated carbocycles. The number of rotatable bonds is 7. The van der Waals surface area contributed by atoms with E-state index in [9.17, 15) is 18.0 Å². The van der Waals surface area contributed by atoms with Crippen molar-refractivity contribution in [2.45, 2.75) is 18.2 Å². The van der Waals surface area contributed by atoms with Crippen LogP contribution >= 0.6 is 11.6 Å². The van der Waals surface area contributed by atoms with E-state index >= 15 is 0 Å². The lowest BCUT2D eigenvalue weighted by atomic mass is 10.1. The predicted molar refractivity (Wildman–Crippen MR) is 109 cm³/mol. The van der Waals surface area contributed by atoms with Gasteiger partial charge in [-0.3, -0.25) is 9.59 Å². The highest BCUT2D eigenvalue weighted by Crippen LogP contribution is 2.22. The fourth-order valence-electron chi connectivity index (χ4n) is 2.45. The summed E-state index contributed by atoms with van der Waals surface area (Å²) in [4.78, 5) is 24.5. The maximum absolute atomic E-state index is 12.4. The molecule has 0 aliphatic heterocycles. The van der Waals surface area contributed by atoms with Gasteiger partial charge in [0.05, 0.1) is 22.0 Å². The fourth-order valence-corrected chi connectivity index (χ4v) is 3.58. The van der Waals surface area contributed by atoms with Crippen molar-refractivity contribution in [2.75, 3.05) is 26.0 Å². The maximum atomic E-state index is 12.4. The topological polar surface area (TPSA) is 95.6 Å². The summed E-state index contributed by atoms with van der Waals surface area (Å²) >= 11 is 6.04. The van der Waals surface area contributed by atoms with E-state index < -0.39 is 21.8 Å². The normalized spacial score (nSPS) is 11.3. The fraction of sp³-hybridized carbons (Fsp3) is 0.263. The average molecular weight is 424 g/mol. The molecule has 150 valence electrons. The first-order valence-corrected chi connectivity index (χ1v) is 10.4. The van der Waals surface area contributed by atoms with Crippen LogP contribution in [0.5, 0.6) is 0 Å². The van der Waals surface area contributed by atoms with E-state index in [0.717, 1.165) is 16.3 Å². The van der Waals surface area contributed by atoms with Crippen LogP contribution in [0.4, 0.5) is 5.69 Å². The number of carbonyl (C=O) groups is 2. The second kappa shape index (κ2) is 9.18. The SMILES string of the molecule is CCc1ccccc1NC(=O)CNC(=O)c1cc(S(=O)(=O)N(C)C)ccc1Cl. The molecule has 0 aliphatic carbocycles. The number of nitrogens with one attached hydrogen (secondary N) is 2. The highest BCUT2D eigenvalue weighted by Gasteiger charge is 2.21. The molecule has 0 heterocycles. The van der Waals surface area contributed by atoms with Gasteiger partial charge in [-0.25, -0.2) is 12.7 Å². The lowest BCUT2D eigenvalue weighted by Crippen LogP contribution is -2.33. The van der Waals surface area contributed by atoms with Gasteiger partial charge in [-0.05, 0) is 36.2 Å². The number of halogens is 1. The Balaban J connectivity index is 2.10. The largest absolute Gasteiger partial charge is 0.343 e. The van der Waals surface area contributed by atoms with Crippen molar-refractivity contribution in [1.82, 2.24) is 9.62 Å². The summed E-state index contributed by atoms with van der Waals surface area (Å²) in [6, 6.07) is 11.2. The van der Waals surface area contributed by atoms with Gasteiger partial charge in [0.25, 0.3) is 5.91 Å². The number of nitrogens with zero attached hydrogens (tertiary/aromatic N) is 1. The number of benzene rings is 2. The number of sulfonamides is 1. The zero-order valence-corrected chi connectivity index (χ0v) is 17.4. The van der Waals surface area contributed by atoms with Crippen molar-refractivity contribution in [3.05, 3.63) is 58.6 Å². The monoisotopic (exact) mass is 423 g/mol. The molecule has 2 aromatic carbocycles. The number of anilines is 1. The predicted octanol–water partition coefficient (Wildman–Crippen LogP) is 2.52. The molecule has 2 N–H and O–H groups in total. The van der Waals surface area contributed by atoms with E-state index in [1.165, 1.54) is 32.3 Å². The molecule has 7 nitrogen and oxygen atoms in total. The smallest absolute Gasteiger partial charge is 0.253 e. The molecule has 0 bridgehead atoms. The van der Waals surface area contributed by atoms with Gasteiger partial charge in [0, 0.05) is 19.8 Å². The summed E-state index contributed by atoms with van der Waals surface area (Å²) in [5, 5.41) is 5.30. The third-order valence-electron chi connectivity index (χ3n) is 4.04. The molecule has 9 heteroatoms. The Morgan fingerprint density at radius 3 is 2.43 bits per heavy atom. The summed E-state index contributed by atoms with van der Waals surface area (Å²) in [5.74, 6) is -1.04. The van der Waals surface area contributed by atoms with Gasteiger partial charge in [0.15, 0.2) is 0 Å². The Hall–Kier alpha value is -2.42. The van der Waals surface area contributed by atoms with Crippen molar-refractivity contribution in [1.29, 1.82) is 0 Å². The molecule has 0 aromatic heterocycles. The Bertz CT molecular complexity index is 990. The van der Waals surface area contributed by atoms with E-state index in [1.807, 2.05) is 25.1 Å². The molecule has 0 saturated heterocycles. The summed E-state index contributed by atoms with van der Waals surface area (Å²) in [7, 11) is -0.932. The maximum Gasteiger partial charge on any atom is 0.253 e. The third kappa shape index (κ3) is 5.09. The summed E-state index contributed by atoms with van der Waals surface area (Å²) in [5.41, 5.74) is 1.64. The molecule has 0 fully saturated rings. The van der Waals surface area contributed by atoms with Crippen LogP contribution in [0.2, 0.25) is 5.02 Å². The standard InChI is InChI=1S/C19H22ClN3O4S/c1-4-13-7-5-6-8-17(13)22-18(24)12-21-19(25)15-11-14(9-10-16(15)20)28(26,27)23(2)3/h5-11H,4,12H2,1-3H3,(H,21,25)(H,22,24). The minimum Gasteiger partial charge on any atom is -0.343 e. The lowest BCUT2D eigenvalue weighted by molar-refractivity contribution is -0.115. The number of carbonyl (C=O) groups excluding carboxylic acids is 2. The van der Waals surface area contributed by atoms with E-state index in [0.29, 0.717) is 5.69 Å². The van der Waals surface area contributed by atoms with Gasteiger partial charge in [0.2, 0.25) is 15.9 Å². The number of para-hydroxylation sites is 1. The number of aryl methyl sites for hydroxylation is 1. The second-order valence-electron chi connectivity index (χ2n) is 6.17. The zero-order valence-electron chi connectivity index (χ0n) is 15.8. The van der Waals surface area contributed by atoms with Crippen LogP contribution in [0.3, 0.4) is 0 Å². The van der Waals surface area contributed by atoms with Crippen LogP contribution in [-0.4, -0.2) is 45.2 Å². The minimum absolute atomic E-state index is 0.0219.